The van der Waals surface area contributed by atoms with Crippen LogP contribution in [0.1, 0.15) is 17.5 Å². The number of aryl methyl sites for hydroxylation is 2. The Labute approximate surface area is 98.8 Å². The first-order chi connectivity index (χ1) is 7.97. The van der Waals surface area contributed by atoms with E-state index < -0.39 is 12.0 Å². The molecule has 5 heteroatoms. The molecule has 90 valence electrons. The summed E-state index contributed by atoms with van der Waals surface area (Å²) in [5.74, 6) is -1.30. The third-order valence-corrected chi connectivity index (χ3v) is 2.75. The molecule has 0 fully saturated rings. The third kappa shape index (κ3) is 2.22. The number of hydrogen-bond donors (Lipinski definition) is 3. The zero-order chi connectivity index (χ0) is 12.6. The highest BCUT2D eigenvalue weighted by Gasteiger charge is 2.28. The van der Waals surface area contributed by atoms with E-state index in [0.29, 0.717) is 5.69 Å². The molecule has 0 bridgehead atoms. The molecule has 0 radical (unpaired) electrons. The van der Waals surface area contributed by atoms with Gasteiger partial charge in [0.2, 0.25) is 5.91 Å². The van der Waals surface area contributed by atoms with Crippen LogP contribution >= 0.6 is 0 Å². The fourth-order valence-electron chi connectivity index (χ4n) is 2.04. The minimum Gasteiger partial charge on any atom is -0.481 e. The molecule has 3 N–H and O–H groups in total. The van der Waals surface area contributed by atoms with Crippen LogP contribution in [0.4, 0.5) is 11.4 Å². The molecule has 1 atom stereocenters. The second kappa shape index (κ2) is 4.08. The van der Waals surface area contributed by atoms with Gasteiger partial charge in [-0.25, -0.2) is 0 Å². The molecular formula is C12H14N2O3. The molecule has 0 aromatic heterocycles. The van der Waals surface area contributed by atoms with Crippen molar-refractivity contribution in [2.75, 3.05) is 10.6 Å². The lowest BCUT2D eigenvalue weighted by molar-refractivity contribution is -0.138. The average Bonchev–Trinajstić information content (AvgIpc) is 2.19. The Balaban J connectivity index is 2.34. The predicted molar refractivity (Wildman–Crippen MR) is 64.2 cm³/mol. The quantitative estimate of drug-likeness (QED) is 0.724. The van der Waals surface area contributed by atoms with Crippen LogP contribution in [0, 0.1) is 13.8 Å². The van der Waals surface area contributed by atoms with Crippen molar-refractivity contribution in [3.05, 3.63) is 23.3 Å². The lowest BCUT2D eigenvalue weighted by Gasteiger charge is -2.27. The van der Waals surface area contributed by atoms with Crippen molar-refractivity contribution in [1.82, 2.24) is 0 Å². The van der Waals surface area contributed by atoms with E-state index in [0.717, 1.165) is 16.8 Å². The minimum atomic E-state index is -0.995. The van der Waals surface area contributed by atoms with Gasteiger partial charge in [-0.1, -0.05) is 6.07 Å². The first-order valence-electron chi connectivity index (χ1n) is 5.38. The van der Waals surface area contributed by atoms with Crippen molar-refractivity contribution in [3.63, 3.8) is 0 Å². The Hall–Kier alpha value is -2.04. The molecule has 1 aliphatic heterocycles. The number of carbonyl (C=O) groups excluding carboxylic acids is 1. The molecule has 1 aromatic rings. The second-order valence-corrected chi connectivity index (χ2v) is 4.29. The summed E-state index contributed by atoms with van der Waals surface area (Å²) in [6.45, 7) is 3.87. The van der Waals surface area contributed by atoms with Crippen molar-refractivity contribution in [2.24, 2.45) is 0 Å². The SMILES string of the molecule is Cc1cc(C)c2c(c1)NC(=O)C(CC(=O)O)N2. The van der Waals surface area contributed by atoms with Crippen molar-refractivity contribution < 1.29 is 14.7 Å². The number of benzene rings is 1. The molecule has 1 unspecified atom stereocenters. The van der Waals surface area contributed by atoms with E-state index in [1.807, 2.05) is 26.0 Å². The number of aliphatic carboxylic acids is 1. The topological polar surface area (TPSA) is 78.4 Å². The number of rotatable bonds is 2. The number of nitrogens with one attached hydrogen (secondary N) is 2. The number of carboxylic acid groups (broad SMARTS) is 1. The van der Waals surface area contributed by atoms with Crippen molar-refractivity contribution in [3.8, 4) is 0 Å². The number of carboxylic acids is 1. The summed E-state index contributed by atoms with van der Waals surface area (Å²) in [5.41, 5.74) is 3.58. The van der Waals surface area contributed by atoms with Crippen LogP contribution in [-0.2, 0) is 9.59 Å². The van der Waals surface area contributed by atoms with E-state index >= 15 is 0 Å². The van der Waals surface area contributed by atoms with Gasteiger partial charge in [-0.15, -0.1) is 0 Å². The summed E-state index contributed by atoms with van der Waals surface area (Å²) in [6.07, 6.45) is -0.224. The predicted octanol–water partition coefficient (Wildman–Crippen LogP) is 1.51. The highest BCUT2D eigenvalue weighted by molar-refractivity contribution is 6.05. The van der Waals surface area contributed by atoms with Gasteiger partial charge in [0.1, 0.15) is 6.04 Å². The van der Waals surface area contributed by atoms with Gasteiger partial charge in [-0.2, -0.15) is 0 Å². The molecule has 17 heavy (non-hydrogen) atoms. The maximum absolute atomic E-state index is 11.7. The summed E-state index contributed by atoms with van der Waals surface area (Å²) in [7, 11) is 0. The van der Waals surface area contributed by atoms with Crippen LogP contribution in [0.3, 0.4) is 0 Å². The first kappa shape index (κ1) is 11.4. The Morgan fingerprint density at radius 1 is 1.41 bits per heavy atom. The molecule has 0 aliphatic carbocycles. The van der Waals surface area contributed by atoms with E-state index in [1.54, 1.807) is 0 Å². The summed E-state index contributed by atoms with van der Waals surface area (Å²) in [4.78, 5) is 22.3. The Bertz CT molecular complexity index is 497. The highest BCUT2D eigenvalue weighted by Crippen LogP contribution is 2.31. The van der Waals surface area contributed by atoms with Crippen molar-refractivity contribution in [2.45, 2.75) is 26.3 Å². The highest BCUT2D eigenvalue weighted by atomic mass is 16.4. The summed E-state index contributed by atoms with van der Waals surface area (Å²) >= 11 is 0. The molecule has 0 saturated carbocycles. The number of fused-ring (bicyclic) bond motifs is 1. The van der Waals surface area contributed by atoms with Gasteiger partial charge >= 0.3 is 5.97 Å². The minimum absolute atomic E-state index is 0.224. The largest absolute Gasteiger partial charge is 0.481 e. The van der Waals surface area contributed by atoms with Gasteiger partial charge in [0.05, 0.1) is 17.8 Å². The van der Waals surface area contributed by atoms with Crippen molar-refractivity contribution in [1.29, 1.82) is 0 Å². The number of hydrogen-bond acceptors (Lipinski definition) is 3. The maximum Gasteiger partial charge on any atom is 0.305 e. The molecule has 5 nitrogen and oxygen atoms in total. The maximum atomic E-state index is 11.7. The van der Waals surface area contributed by atoms with Gasteiger partial charge < -0.3 is 15.7 Å². The molecule has 1 aromatic carbocycles. The van der Waals surface area contributed by atoms with Gasteiger partial charge in [-0.3, -0.25) is 9.59 Å². The first-order valence-corrected chi connectivity index (χ1v) is 5.38. The number of carbonyl (C=O) groups is 2. The number of anilines is 2. The lowest BCUT2D eigenvalue weighted by Crippen LogP contribution is -2.40. The Morgan fingerprint density at radius 3 is 2.76 bits per heavy atom. The van der Waals surface area contributed by atoms with Crippen LogP contribution in [-0.4, -0.2) is 23.0 Å². The summed E-state index contributed by atoms with van der Waals surface area (Å²) < 4.78 is 0. The standard InChI is InChI=1S/C12H14N2O3/c1-6-3-7(2)11-8(4-6)14-12(17)9(13-11)5-10(15)16/h3-4,9,13H,5H2,1-2H3,(H,14,17)(H,15,16). The van der Waals surface area contributed by atoms with Crippen LogP contribution in [0.25, 0.3) is 0 Å². The Morgan fingerprint density at radius 2 is 2.12 bits per heavy atom. The second-order valence-electron chi connectivity index (χ2n) is 4.29. The zero-order valence-corrected chi connectivity index (χ0v) is 9.70. The lowest BCUT2D eigenvalue weighted by atomic mass is 10.0. The molecular weight excluding hydrogens is 220 g/mol. The molecule has 1 aliphatic rings. The molecule has 0 spiro atoms. The van der Waals surface area contributed by atoms with Crippen LogP contribution in [0.2, 0.25) is 0 Å². The third-order valence-electron chi connectivity index (χ3n) is 2.75. The number of amides is 1. The van der Waals surface area contributed by atoms with Gasteiger partial charge in [0.25, 0.3) is 0 Å². The van der Waals surface area contributed by atoms with Gasteiger partial charge in [-0.05, 0) is 31.0 Å². The monoisotopic (exact) mass is 234 g/mol. The Kier molecular flexibility index (Phi) is 2.75. The van der Waals surface area contributed by atoms with Gasteiger partial charge in [0.15, 0.2) is 0 Å². The van der Waals surface area contributed by atoms with E-state index in [2.05, 4.69) is 10.6 Å². The zero-order valence-electron chi connectivity index (χ0n) is 9.70. The fourth-order valence-corrected chi connectivity index (χ4v) is 2.04. The fraction of sp³-hybridized carbons (Fsp3) is 0.333. The van der Waals surface area contributed by atoms with E-state index in [1.165, 1.54) is 0 Å². The summed E-state index contributed by atoms with van der Waals surface area (Å²) in [5, 5.41) is 14.4. The van der Waals surface area contributed by atoms with Crippen molar-refractivity contribution >= 4 is 23.3 Å². The van der Waals surface area contributed by atoms with Gasteiger partial charge in [0, 0.05) is 0 Å². The van der Waals surface area contributed by atoms with Crippen LogP contribution in [0.15, 0.2) is 12.1 Å². The van der Waals surface area contributed by atoms with E-state index in [9.17, 15) is 9.59 Å². The van der Waals surface area contributed by atoms with Crippen LogP contribution in [0.5, 0.6) is 0 Å². The molecule has 1 amide bonds. The molecule has 0 saturated heterocycles. The normalized spacial score (nSPS) is 18.0. The van der Waals surface area contributed by atoms with Crippen LogP contribution < -0.4 is 10.6 Å². The molecule has 2 rings (SSSR count). The molecule has 1 heterocycles. The summed E-state index contributed by atoms with van der Waals surface area (Å²) in [6, 6.07) is 3.15. The van der Waals surface area contributed by atoms with E-state index in [-0.39, 0.29) is 12.3 Å². The average molecular weight is 234 g/mol. The van der Waals surface area contributed by atoms with E-state index in [4.69, 9.17) is 5.11 Å². The smallest absolute Gasteiger partial charge is 0.305 e.